The van der Waals surface area contributed by atoms with Crippen LogP contribution in [0.15, 0.2) is 0 Å². The minimum absolute atomic E-state index is 0.0118. The van der Waals surface area contributed by atoms with E-state index in [0.717, 1.165) is 0 Å². The van der Waals surface area contributed by atoms with Gasteiger partial charge in [0.1, 0.15) is 5.60 Å². The Morgan fingerprint density at radius 1 is 1.14 bits per heavy atom. The number of aliphatic hydroxyl groups is 1. The number of hydrogen-bond acceptors (Lipinski definition) is 4. The number of alkyl carbamates (subject to hydrolysis) is 1. The summed E-state index contributed by atoms with van der Waals surface area (Å²) in [5.74, 6) is -0.0420. The molecule has 5 heteroatoms. The van der Waals surface area contributed by atoms with Crippen molar-refractivity contribution in [1.29, 1.82) is 0 Å². The Bertz CT molecular complexity index is 356. The number of hydrogen-bond donors (Lipinski definition) is 2. The van der Waals surface area contributed by atoms with Crippen molar-refractivity contribution in [2.45, 2.75) is 73.0 Å². The summed E-state index contributed by atoms with van der Waals surface area (Å²) in [5.41, 5.74) is -0.878. The van der Waals surface area contributed by atoms with Crippen LogP contribution in [0, 0.1) is 11.3 Å². The molecule has 5 nitrogen and oxygen atoms in total. The molecule has 1 atom stereocenters. The number of carbonyl (C=O) groups excluding carboxylic acids is 2. The number of rotatable bonds is 7. The van der Waals surface area contributed by atoms with Crippen LogP contribution in [0.4, 0.5) is 4.79 Å². The van der Waals surface area contributed by atoms with Crippen LogP contribution in [0.25, 0.3) is 0 Å². The van der Waals surface area contributed by atoms with Gasteiger partial charge in [-0.05, 0) is 38.5 Å². The Kier molecular flexibility index (Phi) is 7.37. The molecule has 0 aromatic carbocycles. The maximum Gasteiger partial charge on any atom is 0.408 e. The number of amides is 1. The van der Waals surface area contributed by atoms with Gasteiger partial charge in [0.25, 0.3) is 0 Å². The molecular formula is C16H31NO4. The summed E-state index contributed by atoms with van der Waals surface area (Å²) in [6, 6.07) is -0.561. The first-order valence-electron chi connectivity index (χ1n) is 7.51. The van der Waals surface area contributed by atoms with Gasteiger partial charge in [-0.1, -0.05) is 27.7 Å². The molecule has 2 N–H and O–H groups in total. The molecule has 0 saturated carbocycles. The molecule has 0 aromatic rings. The molecule has 0 aliphatic rings. The van der Waals surface area contributed by atoms with Gasteiger partial charge in [-0.25, -0.2) is 4.79 Å². The number of carbonyl (C=O) groups is 2. The third-order valence-corrected chi connectivity index (χ3v) is 3.16. The molecule has 0 aliphatic heterocycles. The quantitative estimate of drug-likeness (QED) is 0.758. The fraction of sp³-hybridized carbons (Fsp3) is 0.875. The normalized spacial score (nSPS) is 14.0. The van der Waals surface area contributed by atoms with Gasteiger partial charge in [-0.15, -0.1) is 0 Å². The van der Waals surface area contributed by atoms with E-state index in [1.54, 1.807) is 20.8 Å². The molecule has 0 fully saturated rings. The molecule has 0 rings (SSSR count). The minimum Gasteiger partial charge on any atom is -0.444 e. The molecule has 124 valence electrons. The highest BCUT2D eigenvalue weighted by Gasteiger charge is 2.28. The predicted octanol–water partition coefficient (Wildman–Crippen LogP) is 2.90. The van der Waals surface area contributed by atoms with E-state index in [0.29, 0.717) is 12.8 Å². The van der Waals surface area contributed by atoms with E-state index in [4.69, 9.17) is 4.74 Å². The lowest BCUT2D eigenvalue weighted by molar-refractivity contribution is -0.122. The van der Waals surface area contributed by atoms with Gasteiger partial charge in [0.05, 0.1) is 6.04 Å². The number of aliphatic hydroxyl groups excluding tert-OH is 1. The van der Waals surface area contributed by atoms with Crippen molar-refractivity contribution in [3.8, 4) is 0 Å². The predicted molar refractivity (Wildman–Crippen MR) is 83.1 cm³/mol. The van der Waals surface area contributed by atoms with E-state index in [1.807, 2.05) is 27.7 Å². The smallest absolute Gasteiger partial charge is 0.408 e. The lowest BCUT2D eigenvalue weighted by Gasteiger charge is -2.26. The zero-order valence-electron chi connectivity index (χ0n) is 14.4. The highest BCUT2D eigenvalue weighted by atomic mass is 16.6. The van der Waals surface area contributed by atoms with Crippen LogP contribution in [0.2, 0.25) is 0 Å². The van der Waals surface area contributed by atoms with Gasteiger partial charge >= 0.3 is 6.09 Å². The van der Waals surface area contributed by atoms with Crippen LogP contribution in [0.3, 0.4) is 0 Å². The SMILES string of the molecule is CC(C)[C@H](NC(=O)OC(C)(C)C)C(=O)CCC(C)(C)CO. The van der Waals surface area contributed by atoms with Crippen LogP contribution in [-0.2, 0) is 9.53 Å². The molecule has 21 heavy (non-hydrogen) atoms. The van der Waals surface area contributed by atoms with E-state index < -0.39 is 17.7 Å². The van der Waals surface area contributed by atoms with Crippen LogP contribution >= 0.6 is 0 Å². The van der Waals surface area contributed by atoms with Crippen molar-refractivity contribution >= 4 is 11.9 Å². The Morgan fingerprint density at radius 2 is 1.67 bits per heavy atom. The van der Waals surface area contributed by atoms with E-state index in [1.165, 1.54) is 0 Å². The third kappa shape index (κ3) is 8.71. The Morgan fingerprint density at radius 3 is 2.05 bits per heavy atom. The van der Waals surface area contributed by atoms with Gasteiger partial charge in [-0.2, -0.15) is 0 Å². The number of Topliss-reactive ketones (excluding diaryl/α,β-unsaturated/α-hetero) is 1. The van der Waals surface area contributed by atoms with Crippen LogP contribution < -0.4 is 5.32 Å². The van der Waals surface area contributed by atoms with Gasteiger partial charge in [-0.3, -0.25) is 4.79 Å². The molecule has 1 amide bonds. The second kappa shape index (κ2) is 7.78. The Labute approximate surface area is 128 Å². The number of ether oxygens (including phenoxy) is 1. The van der Waals surface area contributed by atoms with E-state index in [2.05, 4.69) is 5.32 Å². The average Bonchev–Trinajstić information content (AvgIpc) is 2.30. The maximum atomic E-state index is 12.3. The minimum atomic E-state index is -0.590. The molecule has 0 bridgehead atoms. The molecule has 0 spiro atoms. The first-order chi connectivity index (χ1) is 9.38. The van der Waals surface area contributed by atoms with Crippen molar-refractivity contribution in [2.24, 2.45) is 11.3 Å². The highest BCUT2D eigenvalue weighted by molar-refractivity contribution is 5.87. The zero-order chi connectivity index (χ0) is 16.8. The highest BCUT2D eigenvalue weighted by Crippen LogP contribution is 2.22. The van der Waals surface area contributed by atoms with Crippen molar-refractivity contribution in [1.82, 2.24) is 5.32 Å². The van der Waals surface area contributed by atoms with Crippen molar-refractivity contribution < 1.29 is 19.4 Å². The standard InChI is InChI=1S/C16H31NO4/c1-11(2)13(17-14(20)21-15(3,4)5)12(19)8-9-16(6,7)10-18/h11,13,18H,8-10H2,1-7H3,(H,17,20)/t13-/m0/s1. The zero-order valence-corrected chi connectivity index (χ0v) is 14.4. The van der Waals surface area contributed by atoms with Gasteiger partial charge in [0, 0.05) is 13.0 Å². The van der Waals surface area contributed by atoms with E-state index >= 15 is 0 Å². The molecule has 0 unspecified atom stereocenters. The van der Waals surface area contributed by atoms with Crippen LogP contribution in [0.5, 0.6) is 0 Å². The summed E-state index contributed by atoms with van der Waals surface area (Å²) in [7, 11) is 0. The molecule has 0 heterocycles. The molecule has 0 saturated heterocycles. The lowest BCUT2D eigenvalue weighted by Crippen LogP contribution is -2.46. The molecule has 0 aromatic heterocycles. The molecule has 0 radical (unpaired) electrons. The first-order valence-corrected chi connectivity index (χ1v) is 7.51. The van der Waals surface area contributed by atoms with Gasteiger partial charge in [0.15, 0.2) is 5.78 Å². The topological polar surface area (TPSA) is 75.6 Å². The number of ketones is 1. The second-order valence-electron chi connectivity index (χ2n) is 7.66. The number of nitrogens with one attached hydrogen (secondary N) is 1. The largest absolute Gasteiger partial charge is 0.444 e. The summed E-state index contributed by atoms with van der Waals surface area (Å²) < 4.78 is 5.19. The first kappa shape index (κ1) is 19.9. The van der Waals surface area contributed by atoms with Crippen molar-refractivity contribution in [3.63, 3.8) is 0 Å². The fourth-order valence-electron chi connectivity index (χ4n) is 1.75. The van der Waals surface area contributed by atoms with Crippen LogP contribution in [0.1, 0.15) is 61.3 Å². The second-order valence-corrected chi connectivity index (χ2v) is 7.66. The van der Waals surface area contributed by atoms with Gasteiger partial charge in [0.2, 0.25) is 0 Å². The summed E-state index contributed by atoms with van der Waals surface area (Å²) in [6.45, 7) is 13.0. The van der Waals surface area contributed by atoms with E-state index in [9.17, 15) is 14.7 Å². The van der Waals surface area contributed by atoms with E-state index in [-0.39, 0.29) is 23.7 Å². The Hall–Kier alpha value is -1.10. The van der Waals surface area contributed by atoms with Crippen molar-refractivity contribution in [3.05, 3.63) is 0 Å². The Balaban J connectivity index is 4.62. The maximum absolute atomic E-state index is 12.3. The summed E-state index contributed by atoms with van der Waals surface area (Å²) in [4.78, 5) is 24.1. The molecule has 0 aliphatic carbocycles. The van der Waals surface area contributed by atoms with Crippen LogP contribution in [-0.4, -0.2) is 35.2 Å². The lowest BCUT2D eigenvalue weighted by atomic mass is 9.86. The van der Waals surface area contributed by atoms with Gasteiger partial charge < -0.3 is 15.2 Å². The summed E-state index contributed by atoms with van der Waals surface area (Å²) >= 11 is 0. The monoisotopic (exact) mass is 301 g/mol. The van der Waals surface area contributed by atoms with Crippen molar-refractivity contribution in [2.75, 3.05) is 6.61 Å². The molecular weight excluding hydrogens is 270 g/mol. The fourth-order valence-corrected chi connectivity index (χ4v) is 1.75. The average molecular weight is 301 g/mol. The third-order valence-electron chi connectivity index (χ3n) is 3.16. The summed E-state index contributed by atoms with van der Waals surface area (Å²) in [6.07, 6.45) is 0.337. The summed E-state index contributed by atoms with van der Waals surface area (Å²) in [5, 5.41) is 11.9.